The first kappa shape index (κ1) is 10.3. The van der Waals surface area contributed by atoms with Gasteiger partial charge in [0.25, 0.3) is 0 Å². The van der Waals surface area contributed by atoms with Gasteiger partial charge >= 0.3 is 12.0 Å². The molecule has 0 aromatic carbocycles. The van der Waals surface area contributed by atoms with E-state index in [4.69, 9.17) is 5.11 Å². The van der Waals surface area contributed by atoms with E-state index in [2.05, 4.69) is 17.6 Å². The van der Waals surface area contributed by atoms with Crippen molar-refractivity contribution in [1.29, 1.82) is 0 Å². The molecule has 2 aliphatic rings. The van der Waals surface area contributed by atoms with Gasteiger partial charge in [-0.05, 0) is 31.1 Å². The maximum atomic E-state index is 11.4. The van der Waals surface area contributed by atoms with Crippen LogP contribution in [-0.2, 0) is 4.79 Å². The van der Waals surface area contributed by atoms with E-state index >= 15 is 0 Å². The van der Waals surface area contributed by atoms with Crippen molar-refractivity contribution >= 4 is 12.0 Å². The molecule has 2 saturated carbocycles. The Balaban J connectivity index is 1.70. The van der Waals surface area contributed by atoms with E-state index in [0.29, 0.717) is 31.2 Å². The largest absolute Gasteiger partial charge is 0.480 e. The molecule has 0 radical (unpaired) electrons. The van der Waals surface area contributed by atoms with Crippen LogP contribution in [-0.4, -0.2) is 29.2 Å². The molecule has 2 unspecified atom stereocenters. The highest BCUT2D eigenvalue weighted by Crippen LogP contribution is 2.37. The minimum atomic E-state index is -0.973. The van der Waals surface area contributed by atoms with E-state index in [-0.39, 0.29) is 6.03 Å². The molecule has 0 bridgehead atoms. The third-order valence-electron chi connectivity index (χ3n) is 3.31. The smallest absolute Gasteiger partial charge is 0.329 e. The molecule has 2 amide bonds. The summed E-state index contributed by atoms with van der Waals surface area (Å²) in [5.41, 5.74) is -0.973. The fraction of sp³-hybridized carbons (Fsp3) is 0.800. The van der Waals surface area contributed by atoms with Crippen LogP contribution < -0.4 is 10.6 Å². The van der Waals surface area contributed by atoms with Crippen LogP contribution in [0.15, 0.2) is 0 Å². The number of carboxylic acids is 1. The molecule has 2 rings (SSSR count). The Morgan fingerprint density at radius 3 is 2.47 bits per heavy atom. The molecule has 5 heteroatoms. The Morgan fingerprint density at radius 2 is 2.07 bits per heavy atom. The van der Waals surface area contributed by atoms with Crippen LogP contribution in [0.2, 0.25) is 0 Å². The zero-order valence-corrected chi connectivity index (χ0v) is 8.75. The van der Waals surface area contributed by atoms with Gasteiger partial charge in [-0.25, -0.2) is 9.59 Å². The Morgan fingerprint density at radius 1 is 1.47 bits per heavy atom. The molecule has 2 atom stereocenters. The van der Waals surface area contributed by atoms with Gasteiger partial charge in [-0.1, -0.05) is 6.92 Å². The molecule has 84 valence electrons. The van der Waals surface area contributed by atoms with Crippen LogP contribution in [0, 0.1) is 11.8 Å². The van der Waals surface area contributed by atoms with Crippen LogP contribution in [0.25, 0.3) is 0 Å². The molecule has 5 nitrogen and oxygen atoms in total. The number of carbonyl (C=O) groups excluding carboxylic acids is 1. The predicted molar refractivity (Wildman–Crippen MR) is 53.4 cm³/mol. The SMILES string of the molecule is CC1CC1CNC(=O)NC1(C(=O)O)CC1. The van der Waals surface area contributed by atoms with Crippen LogP contribution in [0.4, 0.5) is 4.79 Å². The fourth-order valence-corrected chi connectivity index (χ4v) is 1.69. The Hall–Kier alpha value is -1.26. The van der Waals surface area contributed by atoms with E-state index < -0.39 is 11.5 Å². The number of amides is 2. The molecule has 15 heavy (non-hydrogen) atoms. The molecule has 0 aromatic rings. The quantitative estimate of drug-likeness (QED) is 0.637. The number of hydrogen-bond donors (Lipinski definition) is 3. The van der Waals surface area contributed by atoms with Gasteiger partial charge in [0, 0.05) is 6.54 Å². The summed E-state index contributed by atoms with van der Waals surface area (Å²) >= 11 is 0. The summed E-state index contributed by atoms with van der Waals surface area (Å²) in [6.07, 6.45) is 2.23. The van der Waals surface area contributed by atoms with Crippen molar-refractivity contribution in [3.63, 3.8) is 0 Å². The lowest BCUT2D eigenvalue weighted by molar-refractivity contribution is -0.140. The van der Waals surface area contributed by atoms with Crippen LogP contribution >= 0.6 is 0 Å². The second-order valence-corrected chi connectivity index (χ2v) is 4.70. The lowest BCUT2D eigenvalue weighted by atomic mass is 10.3. The number of carboxylic acid groups (broad SMARTS) is 1. The summed E-state index contributed by atoms with van der Waals surface area (Å²) in [5, 5.41) is 14.1. The summed E-state index contributed by atoms with van der Waals surface area (Å²) < 4.78 is 0. The van der Waals surface area contributed by atoms with Gasteiger partial charge in [0.05, 0.1) is 0 Å². The summed E-state index contributed by atoms with van der Waals surface area (Å²) in [6.45, 7) is 2.80. The maximum Gasteiger partial charge on any atom is 0.329 e. The van der Waals surface area contributed by atoms with Crippen molar-refractivity contribution in [3.05, 3.63) is 0 Å². The van der Waals surface area contributed by atoms with Crippen LogP contribution in [0.3, 0.4) is 0 Å². The van der Waals surface area contributed by atoms with Crippen LogP contribution in [0.5, 0.6) is 0 Å². The second-order valence-electron chi connectivity index (χ2n) is 4.70. The van der Waals surface area contributed by atoms with Gasteiger partial charge in [0.1, 0.15) is 5.54 Å². The van der Waals surface area contributed by atoms with E-state index in [0.717, 1.165) is 6.42 Å². The highest BCUT2D eigenvalue weighted by molar-refractivity contribution is 5.88. The molecule has 3 N–H and O–H groups in total. The molecular formula is C10H16N2O3. The number of urea groups is 1. The molecule has 0 aromatic heterocycles. The average molecular weight is 212 g/mol. The van der Waals surface area contributed by atoms with E-state index in [9.17, 15) is 9.59 Å². The lowest BCUT2D eigenvalue weighted by Gasteiger charge is -2.13. The lowest BCUT2D eigenvalue weighted by Crippen LogP contribution is -2.48. The van der Waals surface area contributed by atoms with Crippen molar-refractivity contribution < 1.29 is 14.7 Å². The Kier molecular flexibility index (Phi) is 2.32. The molecular weight excluding hydrogens is 196 g/mol. The van der Waals surface area contributed by atoms with Crippen molar-refractivity contribution in [2.45, 2.75) is 31.7 Å². The number of carbonyl (C=O) groups is 2. The first-order valence-electron chi connectivity index (χ1n) is 5.33. The van der Waals surface area contributed by atoms with Gasteiger partial charge in [-0.2, -0.15) is 0 Å². The summed E-state index contributed by atoms with van der Waals surface area (Å²) in [4.78, 5) is 22.1. The topological polar surface area (TPSA) is 78.4 Å². The van der Waals surface area contributed by atoms with Gasteiger partial charge in [0.15, 0.2) is 0 Å². The second kappa shape index (κ2) is 3.40. The third-order valence-corrected chi connectivity index (χ3v) is 3.31. The molecule has 2 fully saturated rings. The highest BCUT2D eigenvalue weighted by atomic mass is 16.4. The van der Waals surface area contributed by atoms with Crippen molar-refractivity contribution in [2.75, 3.05) is 6.54 Å². The minimum Gasteiger partial charge on any atom is -0.480 e. The summed E-state index contributed by atoms with van der Waals surface area (Å²) in [6, 6.07) is -0.353. The van der Waals surface area contributed by atoms with Gasteiger partial charge in [-0.3, -0.25) is 0 Å². The van der Waals surface area contributed by atoms with Crippen molar-refractivity contribution in [3.8, 4) is 0 Å². The minimum absolute atomic E-state index is 0.353. The maximum absolute atomic E-state index is 11.4. The van der Waals surface area contributed by atoms with E-state index in [1.54, 1.807) is 0 Å². The van der Waals surface area contributed by atoms with Crippen LogP contribution in [0.1, 0.15) is 26.2 Å². The van der Waals surface area contributed by atoms with E-state index in [1.807, 2.05) is 0 Å². The van der Waals surface area contributed by atoms with Crippen molar-refractivity contribution in [1.82, 2.24) is 10.6 Å². The average Bonchev–Trinajstić information content (AvgIpc) is 3.02. The fourth-order valence-electron chi connectivity index (χ4n) is 1.69. The summed E-state index contributed by atoms with van der Waals surface area (Å²) in [5.74, 6) is 0.341. The Labute approximate surface area is 88.2 Å². The first-order chi connectivity index (χ1) is 7.03. The Bertz CT molecular complexity index is 299. The summed E-state index contributed by atoms with van der Waals surface area (Å²) in [7, 11) is 0. The van der Waals surface area contributed by atoms with Gasteiger partial charge in [0.2, 0.25) is 0 Å². The standard InChI is InChI=1S/C10H16N2O3/c1-6-4-7(6)5-11-9(15)12-10(2-3-10)8(13)14/h6-7H,2-5H2,1H3,(H,13,14)(H2,11,12,15). The zero-order chi connectivity index (χ0) is 11.1. The molecule has 0 heterocycles. The van der Waals surface area contributed by atoms with Crippen molar-refractivity contribution in [2.24, 2.45) is 11.8 Å². The number of hydrogen-bond acceptors (Lipinski definition) is 2. The molecule has 0 saturated heterocycles. The highest BCUT2D eigenvalue weighted by Gasteiger charge is 2.51. The predicted octanol–water partition coefficient (Wildman–Crippen LogP) is 0.559. The van der Waals surface area contributed by atoms with Gasteiger partial charge in [-0.15, -0.1) is 0 Å². The number of nitrogens with one attached hydrogen (secondary N) is 2. The number of rotatable bonds is 4. The van der Waals surface area contributed by atoms with E-state index in [1.165, 1.54) is 0 Å². The first-order valence-corrected chi connectivity index (χ1v) is 5.33. The van der Waals surface area contributed by atoms with Gasteiger partial charge < -0.3 is 15.7 Å². The number of aliphatic carboxylic acids is 1. The molecule has 0 aliphatic heterocycles. The zero-order valence-electron chi connectivity index (χ0n) is 8.75. The molecule has 0 spiro atoms. The normalized spacial score (nSPS) is 30.5. The third kappa shape index (κ3) is 2.22. The monoisotopic (exact) mass is 212 g/mol. The molecule has 2 aliphatic carbocycles.